The number of hydrogen-bond acceptors (Lipinski definition) is 3. The lowest BCUT2D eigenvalue weighted by atomic mass is 9.98. The molecule has 1 aliphatic rings. The molecule has 0 aromatic rings. The molecule has 0 aromatic heterocycles. The maximum absolute atomic E-state index is 11.0. The minimum atomic E-state index is -0.732. The topological polar surface area (TPSA) is 49.8 Å². The first-order valence-electron chi connectivity index (χ1n) is 6.67. The van der Waals surface area contributed by atoms with Gasteiger partial charge in [-0.3, -0.25) is 9.69 Å². The first-order valence-corrected chi connectivity index (χ1v) is 6.67. The third-order valence-corrected chi connectivity index (χ3v) is 3.74. The third-order valence-electron chi connectivity index (χ3n) is 3.74. The minimum absolute atomic E-state index is 0.149. The van der Waals surface area contributed by atoms with Crippen LogP contribution in [0.4, 0.5) is 0 Å². The van der Waals surface area contributed by atoms with Crippen LogP contribution in [0, 0.1) is 0 Å². The smallest absolute Gasteiger partial charge is 0.317 e. The first-order chi connectivity index (χ1) is 8.08. The number of carbonyl (C=O) groups is 1. The van der Waals surface area contributed by atoms with Crippen LogP contribution in [0.25, 0.3) is 0 Å². The Morgan fingerprint density at radius 1 is 1.53 bits per heavy atom. The van der Waals surface area contributed by atoms with Crippen molar-refractivity contribution < 1.29 is 14.6 Å². The van der Waals surface area contributed by atoms with E-state index in [-0.39, 0.29) is 6.54 Å². The van der Waals surface area contributed by atoms with Gasteiger partial charge in [0.2, 0.25) is 0 Å². The van der Waals surface area contributed by atoms with Crippen molar-refractivity contribution in [2.24, 2.45) is 0 Å². The van der Waals surface area contributed by atoms with Gasteiger partial charge in [-0.2, -0.15) is 0 Å². The summed E-state index contributed by atoms with van der Waals surface area (Å²) in [5.41, 5.74) is 0. The van der Waals surface area contributed by atoms with Crippen LogP contribution >= 0.6 is 0 Å². The summed E-state index contributed by atoms with van der Waals surface area (Å²) in [6.45, 7) is 7.25. The normalized spacial score (nSPS) is 27.1. The molecule has 100 valence electrons. The summed E-state index contributed by atoms with van der Waals surface area (Å²) >= 11 is 0. The zero-order chi connectivity index (χ0) is 12.8. The van der Waals surface area contributed by atoms with Crippen LogP contribution in [0.15, 0.2) is 0 Å². The summed E-state index contributed by atoms with van der Waals surface area (Å²) in [4.78, 5) is 13.1. The quantitative estimate of drug-likeness (QED) is 0.776. The Balaban J connectivity index is 2.64. The van der Waals surface area contributed by atoms with Crippen molar-refractivity contribution in [1.82, 2.24) is 4.90 Å². The maximum atomic E-state index is 11.0. The molecule has 17 heavy (non-hydrogen) atoms. The van der Waals surface area contributed by atoms with Crippen LogP contribution in [0.5, 0.6) is 0 Å². The van der Waals surface area contributed by atoms with Crippen LogP contribution in [0.3, 0.4) is 0 Å². The van der Waals surface area contributed by atoms with Crippen LogP contribution < -0.4 is 0 Å². The van der Waals surface area contributed by atoms with Crippen molar-refractivity contribution in [3.63, 3.8) is 0 Å². The maximum Gasteiger partial charge on any atom is 0.317 e. The van der Waals surface area contributed by atoms with Gasteiger partial charge in [0.15, 0.2) is 0 Å². The number of rotatable bonds is 6. The number of carboxylic acid groups (broad SMARTS) is 1. The summed E-state index contributed by atoms with van der Waals surface area (Å²) in [5.74, 6) is -0.732. The number of ether oxygens (including phenoxy) is 1. The Morgan fingerprint density at radius 3 is 2.76 bits per heavy atom. The van der Waals surface area contributed by atoms with Crippen molar-refractivity contribution in [3.8, 4) is 0 Å². The van der Waals surface area contributed by atoms with Crippen molar-refractivity contribution in [3.05, 3.63) is 0 Å². The molecule has 1 aliphatic heterocycles. The molecule has 3 atom stereocenters. The van der Waals surface area contributed by atoms with Gasteiger partial charge in [0.25, 0.3) is 0 Å². The van der Waals surface area contributed by atoms with E-state index in [2.05, 4.69) is 25.7 Å². The number of nitrogens with zero attached hydrogens (tertiary/aromatic N) is 1. The molecule has 1 saturated heterocycles. The van der Waals surface area contributed by atoms with Gasteiger partial charge in [0.1, 0.15) is 0 Å². The molecular weight excluding hydrogens is 218 g/mol. The monoisotopic (exact) mass is 243 g/mol. The van der Waals surface area contributed by atoms with Gasteiger partial charge in [-0.25, -0.2) is 0 Å². The predicted molar refractivity (Wildman–Crippen MR) is 67.1 cm³/mol. The number of carboxylic acids is 1. The van der Waals surface area contributed by atoms with E-state index in [1.165, 1.54) is 0 Å². The van der Waals surface area contributed by atoms with Crippen molar-refractivity contribution in [2.45, 2.75) is 64.6 Å². The van der Waals surface area contributed by atoms with Gasteiger partial charge in [0, 0.05) is 18.7 Å². The molecule has 0 bridgehead atoms. The zero-order valence-corrected chi connectivity index (χ0v) is 11.2. The van der Waals surface area contributed by atoms with E-state index < -0.39 is 5.97 Å². The van der Waals surface area contributed by atoms with Crippen LogP contribution in [-0.4, -0.2) is 47.3 Å². The largest absolute Gasteiger partial charge is 0.480 e. The van der Waals surface area contributed by atoms with Gasteiger partial charge < -0.3 is 9.84 Å². The molecule has 1 heterocycles. The van der Waals surface area contributed by atoms with E-state index in [0.717, 1.165) is 32.3 Å². The summed E-state index contributed by atoms with van der Waals surface area (Å²) in [7, 11) is 0. The molecule has 0 amide bonds. The zero-order valence-electron chi connectivity index (χ0n) is 11.2. The lowest BCUT2D eigenvalue weighted by Gasteiger charge is -2.39. The molecule has 1 fully saturated rings. The molecule has 0 saturated carbocycles. The fraction of sp³-hybridized carbons (Fsp3) is 0.923. The SMILES string of the molecule is CCC1CC(N(CC(=O)O)C(C)CC)CCO1. The number of hydrogen-bond donors (Lipinski definition) is 1. The average molecular weight is 243 g/mol. The Labute approximate surface area is 104 Å². The molecule has 0 spiro atoms. The highest BCUT2D eigenvalue weighted by atomic mass is 16.5. The van der Waals surface area contributed by atoms with Gasteiger partial charge in [-0.1, -0.05) is 13.8 Å². The van der Waals surface area contributed by atoms with E-state index in [4.69, 9.17) is 9.84 Å². The van der Waals surface area contributed by atoms with Crippen molar-refractivity contribution in [1.29, 1.82) is 0 Å². The lowest BCUT2D eigenvalue weighted by molar-refractivity contribution is -0.141. The molecule has 4 nitrogen and oxygen atoms in total. The molecular formula is C13H25NO3. The fourth-order valence-corrected chi connectivity index (χ4v) is 2.48. The molecule has 0 radical (unpaired) electrons. The second-order valence-electron chi connectivity index (χ2n) is 4.90. The lowest BCUT2D eigenvalue weighted by Crippen LogP contribution is -2.48. The first kappa shape index (κ1) is 14.5. The molecule has 1 N–H and O–H groups in total. The summed E-state index contributed by atoms with van der Waals surface area (Å²) in [6, 6.07) is 0.687. The van der Waals surface area contributed by atoms with Crippen molar-refractivity contribution >= 4 is 5.97 Å². The average Bonchev–Trinajstić information content (AvgIpc) is 2.35. The third kappa shape index (κ3) is 4.28. The second kappa shape index (κ2) is 6.97. The molecule has 0 aliphatic carbocycles. The molecule has 0 aromatic carbocycles. The molecule has 3 unspecified atom stereocenters. The van der Waals surface area contributed by atoms with E-state index in [9.17, 15) is 4.79 Å². The van der Waals surface area contributed by atoms with Gasteiger partial charge in [-0.05, 0) is 32.6 Å². The van der Waals surface area contributed by atoms with Crippen LogP contribution in [0.2, 0.25) is 0 Å². The van der Waals surface area contributed by atoms with Gasteiger partial charge in [-0.15, -0.1) is 0 Å². The minimum Gasteiger partial charge on any atom is -0.480 e. The van der Waals surface area contributed by atoms with Crippen molar-refractivity contribution in [2.75, 3.05) is 13.2 Å². The van der Waals surface area contributed by atoms with E-state index in [0.29, 0.717) is 18.2 Å². The summed E-state index contributed by atoms with van der Waals surface area (Å²) in [6.07, 6.45) is 4.22. The van der Waals surface area contributed by atoms with E-state index in [1.54, 1.807) is 0 Å². The highest BCUT2D eigenvalue weighted by Gasteiger charge is 2.29. The molecule has 1 rings (SSSR count). The summed E-state index contributed by atoms with van der Waals surface area (Å²) < 4.78 is 5.65. The Bertz CT molecular complexity index is 245. The molecule has 4 heteroatoms. The summed E-state index contributed by atoms with van der Waals surface area (Å²) in [5, 5.41) is 9.01. The second-order valence-corrected chi connectivity index (χ2v) is 4.90. The fourth-order valence-electron chi connectivity index (χ4n) is 2.48. The van der Waals surface area contributed by atoms with Crippen LogP contribution in [0.1, 0.15) is 46.5 Å². The highest BCUT2D eigenvalue weighted by molar-refractivity contribution is 5.69. The Hall–Kier alpha value is -0.610. The van der Waals surface area contributed by atoms with Gasteiger partial charge in [0.05, 0.1) is 12.6 Å². The standard InChI is InChI=1S/C13H25NO3/c1-4-10(3)14(9-13(15)16)11-6-7-17-12(5-2)8-11/h10-12H,4-9H2,1-3H3,(H,15,16). The van der Waals surface area contributed by atoms with Gasteiger partial charge >= 0.3 is 5.97 Å². The predicted octanol–water partition coefficient (Wildman–Crippen LogP) is 2.13. The van der Waals surface area contributed by atoms with E-state index in [1.807, 2.05) is 0 Å². The Kier molecular flexibility index (Phi) is 5.92. The number of aliphatic carboxylic acids is 1. The van der Waals surface area contributed by atoms with E-state index >= 15 is 0 Å². The Morgan fingerprint density at radius 2 is 2.24 bits per heavy atom. The highest BCUT2D eigenvalue weighted by Crippen LogP contribution is 2.23. The van der Waals surface area contributed by atoms with Crippen LogP contribution in [-0.2, 0) is 9.53 Å².